The van der Waals surface area contributed by atoms with Gasteiger partial charge in [0, 0.05) is 10.3 Å². The number of hydrogen-bond acceptors (Lipinski definition) is 0. The minimum Gasteiger partial charge on any atom is -0.200 e. The van der Waals surface area contributed by atoms with Crippen molar-refractivity contribution in [1.82, 2.24) is 0 Å². The van der Waals surface area contributed by atoms with Crippen LogP contribution in [0, 0.1) is 0 Å². The Balaban J connectivity index is 2.80. The van der Waals surface area contributed by atoms with E-state index in [9.17, 15) is 39.5 Å². The van der Waals surface area contributed by atoms with E-state index in [4.69, 9.17) is 0 Å². The minimum atomic E-state index is -6.82. The first-order valence-corrected chi connectivity index (χ1v) is 7.85. The highest BCUT2D eigenvalue weighted by Crippen LogP contribution is 2.54. The highest BCUT2D eigenvalue weighted by molar-refractivity contribution is 14.1. The Morgan fingerprint density at radius 1 is 0.792 bits per heavy atom. The molecule has 0 aliphatic rings. The summed E-state index contributed by atoms with van der Waals surface area (Å²) >= 11 is 1.34. The number of aryl methyl sites for hydroxylation is 1. The fourth-order valence-corrected chi connectivity index (χ4v) is 2.75. The third kappa shape index (κ3) is 4.48. The number of alkyl halides is 10. The van der Waals surface area contributed by atoms with Gasteiger partial charge in [-0.2, -0.15) is 39.5 Å². The molecule has 0 spiro atoms. The summed E-state index contributed by atoms with van der Waals surface area (Å²) in [6.45, 7) is 0. The van der Waals surface area contributed by atoms with Gasteiger partial charge in [0.05, 0.1) is 0 Å². The van der Waals surface area contributed by atoms with E-state index >= 15 is 0 Å². The van der Waals surface area contributed by atoms with E-state index in [1.807, 2.05) is 0 Å². The lowest BCUT2D eigenvalue weighted by Crippen LogP contribution is -2.61. The first-order chi connectivity index (χ1) is 10.7. The van der Waals surface area contributed by atoms with Crippen LogP contribution in [-0.2, 0) is 6.42 Å². The van der Waals surface area contributed by atoms with Gasteiger partial charge in [0.25, 0.3) is 0 Å². The molecule has 0 aliphatic heterocycles. The van der Waals surface area contributed by atoms with Crippen molar-refractivity contribution in [2.45, 2.75) is 47.1 Å². The van der Waals surface area contributed by atoms with Crippen molar-refractivity contribution in [1.29, 1.82) is 0 Å². The molecule has 1 aromatic rings. The van der Waals surface area contributed by atoms with Gasteiger partial charge in [0.2, 0.25) is 0 Å². The molecule has 0 aromatic heterocycles. The summed E-state index contributed by atoms with van der Waals surface area (Å²) in [4.78, 5) is 0. The average molecular weight is 478 g/mol. The van der Waals surface area contributed by atoms with Gasteiger partial charge in [-0.15, -0.1) is 0 Å². The Bertz CT molecular complexity index is 525. The van der Waals surface area contributed by atoms with Gasteiger partial charge in [-0.1, -0.05) is 52.9 Å². The van der Waals surface area contributed by atoms with Gasteiger partial charge in [-0.25, -0.2) is 0 Å². The SMILES string of the molecule is FC(F)(F)C(F)(F)C(F)(F)C(F)(F)CC(I)CCc1ccccc1. The molecular weight excluding hydrogens is 466 g/mol. The predicted molar refractivity (Wildman–Crippen MR) is 78.1 cm³/mol. The Kier molecular flexibility index (Phi) is 6.48. The zero-order valence-corrected chi connectivity index (χ0v) is 14.0. The molecule has 0 nitrogen and oxygen atoms in total. The second kappa shape index (κ2) is 7.28. The summed E-state index contributed by atoms with van der Waals surface area (Å²) in [6, 6.07) is 8.30. The first-order valence-electron chi connectivity index (χ1n) is 6.60. The maximum absolute atomic E-state index is 13.5. The first kappa shape index (κ1) is 21.4. The van der Waals surface area contributed by atoms with Crippen LogP contribution in [0.5, 0.6) is 0 Å². The molecule has 1 aromatic carbocycles. The Morgan fingerprint density at radius 3 is 1.75 bits per heavy atom. The van der Waals surface area contributed by atoms with E-state index in [0.717, 1.165) is 0 Å². The molecule has 0 amide bonds. The number of halogens is 10. The van der Waals surface area contributed by atoms with Crippen LogP contribution >= 0.6 is 22.6 Å². The molecule has 0 N–H and O–H groups in total. The Morgan fingerprint density at radius 2 is 1.29 bits per heavy atom. The van der Waals surface area contributed by atoms with Gasteiger partial charge in [0.15, 0.2) is 0 Å². The van der Waals surface area contributed by atoms with Crippen LogP contribution in [0.4, 0.5) is 39.5 Å². The van der Waals surface area contributed by atoms with E-state index in [0.29, 0.717) is 5.56 Å². The van der Waals surface area contributed by atoms with Gasteiger partial charge in [0.1, 0.15) is 0 Å². The maximum atomic E-state index is 13.5. The molecule has 10 heteroatoms. The van der Waals surface area contributed by atoms with Crippen LogP contribution in [0.2, 0.25) is 0 Å². The Labute approximate surface area is 145 Å². The molecule has 0 heterocycles. The van der Waals surface area contributed by atoms with E-state index in [1.165, 1.54) is 22.6 Å². The lowest BCUT2D eigenvalue weighted by atomic mass is 9.97. The third-order valence-electron chi connectivity index (χ3n) is 3.28. The summed E-state index contributed by atoms with van der Waals surface area (Å²) in [6.07, 6.45) is -8.44. The molecule has 0 radical (unpaired) electrons. The highest BCUT2D eigenvalue weighted by Gasteiger charge is 2.81. The molecule has 0 fully saturated rings. The van der Waals surface area contributed by atoms with Crippen molar-refractivity contribution >= 4 is 22.6 Å². The molecule has 0 aliphatic carbocycles. The zero-order valence-electron chi connectivity index (χ0n) is 11.9. The minimum absolute atomic E-state index is 0.0756. The van der Waals surface area contributed by atoms with Crippen molar-refractivity contribution in [3.05, 3.63) is 35.9 Å². The van der Waals surface area contributed by atoms with Gasteiger partial charge >= 0.3 is 23.9 Å². The lowest BCUT2D eigenvalue weighted by molar-refractivity contribution is -0.396. The molecule has 0 bridgehead atoms. The average Bonchev–Trinajstić information content (AvgIpc) is 2.44. The van der Waals surface area contributed by atoms with Crippen LogP contribution in [0.15, 0.2) is 30.3 Å². The van der Waals surface area contributed by atoms with E-state index in [-0.39, 0.29) is 12.8 Å². The quantitative estimate of drug-likeness (QED) is 0.246. The summed E-state index contributed by atoms with van der Waals surface area (Å²) in [5, 5.41) is 0. The molecule has 24 heavy (non-hydrogen) atoms. The normalized spacial score (nSPS) is 15.4. The Hall–Kier alpha value is -0.680. The van der Waals surface area contributed by atoms with Crippen LogP contribution in [0.1, 0.15) is 18.4 Å². The fourth-order valence-electron chi connectivity index (χ4n) is 1.88. The summed E-state index contributed by atoms with van der Waals surface area (Å²) < 4.78 is 114. The molecule has 138 valence electrons. The van der Waals surface area contributed by atoms with E-state index in [2.05, 4.69) is 0 Å². The summed E-state index contributed by atoms with van der Waals surface area (Å²) in [7, 11) is 0. The predicted octanol–water partition coefficient (Wildman–Crippen LogP) is 6.28. The molecule has 0 saturated heterocycles. The fraction of sp³-hybridized carbons (Fsp3) is 0.571. The van der Waals surface area contributed by atoms with Crippen molar-refractivity contribution in [3.8, 4) is 0 Å². The van der Waals surface area contributed by atoms with Gasteiger partial charge in [-0.3, -0.25) is 0 Å². The van der Waals surface area contributed by atoms with Crippen LogP contribution in [0.25, 0.3) is 0 Å². The van der Waals surface area contributed by atoms with Crippen molar-refractivity contribution in [2.75, 3.05) is 0 Å². The van der Waals surface area contributed by atoms with Crippen molar-refractivity contribution in [3.63, 3.8) is 0 Å². The number of benzene rings is 1. The molecule has 1 unspecified atom stereocenters. The van der Waals surface area contributed by atoms with Crippen molar-refractivity contribution in [2.24, 2.45) is 0 Å². The second-order valence-corrected chi connectivity index (χ2v) is 6.94. The summed E-state index contributed by atoms with van der Waals surface area (Å²) in [5.41, 5.74) is 0.704. The summed E-state index contributed by atoms with van der Waals surface area (Å²) in [5.74, 6) is -18.9. The molecule has 1 atom stereocenters. The second-order valence-electron chi connectivity index (χ2n) is 5.18. The maximum Gasteiger partial charge on any atom is 0.460 e. The zero-order chi connectivity index (χ0) is 18.8. The van der Waals surface area contributed by atoms with E-state index < -0.39 is 34.3 Å². The standard InChI is InChI=1S/C14H12F9I/c15-11(16,12(17,18)13(19,20)14(21,22)23)8-10(24)7-6-9-4-2-1-3-5-9/h1-5,10H,6-8H2. The highest BCUT2D eigenvalue weighted by atomic mass is 127. The van der Waals surface area contributed by atoms with Gasteiger partial charge < -0.3 is 0 Å². The third-order valence-corrected chi connectivity index (χ3v) is 4.34. The van der Waals surface area contributed by atoms with Crippen LogP contribution in [-0.4, -0.2) is 27.9 Å². The molecule has 1 rings (SSSR count). The lowest BCUT2D eigenvalue weighted by Gasteiger charge is -2.34. The van der Waals surface area contributed by atoms with Crippen molar-refractivity contribution < 1.29 is 39.5 Å². The van der Waals surface area contributed by atoms with E-state index in [1.54, 1.807) is 30.3 Å². The molecular formula is C14H12F9I. The smallest absolute Gasteiger partial charge is 0.200 e. The topological polar surface area (TPSA) is 0 Å². The number of hydrogen-bond donors (Lipinski definition) is 0. The van der Waals surface area contributed by atoms with Gasteiger partial charge in [-0.05, 0) is 18.4 Å². The van der Waals surface area contributed by atoms with Crippen LogP contribution < -0.4 is 0 Å². The molecule has 0 saturated carbocycles. The number of rotatable bonds is 7. The largest absolute Gasteiger partial charge is 0.460 e. The van der Waals surface area contributed by atoms with Crippen LogP contribution in [0.3, 0.4) is 0 Å². The monoisotopic (exact) mass is 478 g/mol.